The second-order valence-electron chi connectivity index (χ2n) is 10.5. The number of nitrogens with zero attached hydrogens (tertiary/aromatic N) is 8. The first-order chi connectivity index (χ1) is 16.7. The lowest BCUT2D eigenvalue weighted by Crippen LogP contribution is -2.23. The van der Waals surface area contributed by atoms with Crippen molar-refractivity contribution >= 4 is 0 Å². The summed E-state index contributed by atoms with van der Waals surface area (Å²) in [5.74, 6) is 4.44. The van der Waals surface area contributed by atoms with Crippen LogP contribution in [0.4, 0.5) is 0 Å². The van der Waals surface area contributed by atoms with Crippen LogP contribution in [0.5, 0.6) is 0 Å². The van der Waals surface area contributed by atoms with Gasteiger partial charge in [-0.25, -0.2) is 29.3 Å². The van der Waals surface area contributed by atoms with Crippen LogP contribution in [0, 0.1) is 11.8 Å². The molecule has 0 N–H and O–H groups in total. The van der Waals surface area contributed by atoms with Crippen LogP contribution in [0.15, 0.2) is 49.1 Å². The summed E-state index contributed by atoms with van der Waals surface area (Å²) < 4.78 is 3.51. The standard InChI is InChI=1S/C27H36N8/c1-19(2)13-15-23-28-17-34(32-23)25-11-7-9-21(30-25)27(5,6)22-10-8-12-26(31-22)35-18-29-24(33-35)16-14-20(3)4/h7-12,17-20H,13-16H2,1-6H3. The Balaban J connectivity index is 1.56. The highest BCUT2D eigenvalue weighted by atomic mass is 15.4. The fourth-order valence-corrected chi connectivity index (χ4v) is 3.81. The van der Waals surface area contributed by atoms with Crippen molar-refractivity contribution in [3.63, 3.8) is 0 Å². The molecular formula is C27H36N8. The highest BCUT2D eigenvalue weighted by molar-refractivity contribution is 5.35. The SMILES string of the molecule is CC(C)CCc1ncn(-c2cccc(C(C)(C)c3cccc(-n4cnc(CCC(C)C)n4)n3)n2)n1. The summed E-state index contributed by atoms with van der Waals surface area (Å²) in [5, 5.41) is 9.28. The first kappa shape index (κ1) is 24.7. The van der Waals surface area contributed by atoms with Crippen molar-refractivity contribution < 1.29 is 0 Å². The van der Waals surface area contributed by atoms with Gasteiger partial charge in [-0.15, -0.1) is 10.2 Å². The van der Waals surface area contributed by atoms with Crippen molar-refractivity contribution in [1.29, 1.82) is 0 Å². The van der Waals surface area contributed by atoms with Gasteiger partial charge < -0.3 is 0 Å². The second kappa shape index (κ2) is 10.5. The third kappa shape index (κ3) is 5.99. The number of rotatable bonds is 10. The fourth-order valence-electron chi connectivity index (χ4n) is 3.81. The molecule has 0 amide bonds. The number of aryl methyl sites for hydroxylation is 2. The van der Waals surface area contributed by atoms with Gasteiger partial charge in [0.2, 0.25) is 0 Å². The molecule has 0 aliphatic rings. The molecule has 0 radical (unpaired) electrons. The van der Waals surface area contributed by atoms with E-state index in [0.717, 1.165) is 60.4 Å². The maximum Gasteiger partial charge on any atom is 0.155 e. The molecule has 0 saturated heterocycles. The van der Waals surface area contributed by atoms with E-state index in [1.807, 2.05) is 36.4 Å². The minimum absolute atomic E-state index is 0.422. The number of hydrogen-bond acceptors (Lipinski definition) is 6. The van der Waals surface area contributed by atoms with Gasteiger partial charge in [-0.05, 0) is 62.8 Å². The van der Waals surface area contributed by atoms with Crippen LogP contribution < -0.4 is 0 Å². The molecule has 4 heterocycles. The van der Waals surface area contributed by atoms with Crippen molar-refractivity contribution in [1.82, 2.24) is 39.5 Å². The summed E-state index contributed by atoms with van der Waals surface area (Å²) in [6.45, 7) is 13.1. The summed E-state index contributed by atoms with van der Waals surface area (Å²) in [6, 6.07) is 12.0. The van der Waals surface area contributed by atoms with Crippen LogP contribution >= 0.6 is 0 Å². The molecule has 4 aromatic rings. The highest BCUT2D eigenvalue weighted by Gasteiger charge is 2.27. The molecule has 0 bridgehead atoms. The number of hydrogen-bond donors (Lipinski definition) is 0. The Labute approximate surface area is 207 Å². The number of pyridine rings is 2. The zero-order valence-corrected chi connectivity index (χ0v) is 21.7. The van der Waals surface area contributed by atoms with E-state index >= 15 is 0 Å². The molecule has 4 aromatic heterocycles. The van der Waals surface area contributed by atoms with Gasteiger partial charge in [-0.2, -0.15) is 0 Å². The van der Waals surface area contributed by atoms with E-state index in [1.165, 1.54) is 0 Å². The highest BCUT2D eigenvalue weighted by Crippen LogP contribution is 2.29. The van der Waals surface area contributed by atoms with Gasteiger partial charge in [-0.1, -0.05) is 39.8 Å². The average molecular weight is 473 g/mol. The summed E-state index contributed by atoms with van der Waals surface area (Å²) in [6.07, 6.45) is 7.36. The van der Waals surface area contributed by atoms with Gasteiger partial charge in [0.05, 0.1) is 11.4 Å². The molecule has 184 valence electrons. The third-order valence-electron chi connectivity index (χ3n) is 6.19. The van der Waals surface area contributed by atoms with E-state index in [4.69, 9.17) is 9.97 Å². The molecule has 8 heteroatoms. The molecule has 0 aliphatic carbocycles. The van der Waals surface area contributed by atoms with Crippen molar-refractivity contribution in [2.24, 2.45) is 11.8 Å². The molecule has 0 aromatic carbocycles. The Morgan fingerprint density at radius 3 is 1.51 bits per heavy atom. The van der Waals surface area contributed by atoms with E-state index in [-0.39, 0.29) is 0 Å². The van der Waals surface area contributed by atoms with Crippen molar-refractivity contribution in [2.75, 3.05) is 0 Å². The topological polar surface area (TPSA) is 87.2 Å². The molecule has 0 aliphatic heterocycles. The first-order valence-corrected chi connectivity index (χ1v) is 12.5. The third-order valence-corrected chi connectivity index (χ3v) is 6.19. The zero-order valence-electron chi connectivity index (χ0n) is 21.7. The van der Waals surface area contributed by atoms with Crippen LogP contribution in [-0.4, -0.2) is 39.5 Å². The Morgan fingerprint density at radius 1 is 0.686 bits per heavy atom. The predicted octanol–water partition coefficient (Wildman–Crippen LogP) is 5.14. The monoisotopic (exact) mass is 472 g/mol. The molecular weight excluding hydrogens is 436 g/mol. The van der Waals surface area contributed by atoms with E-state index < -0.39 is 5.41 Å². The zero-order chi connectivity index (χ0) is 25.0. The van der Waals surface area contributed by atoms with Crippen LogP contribution in [0.25, 0.3) is 11.6 Å². The van der Waals surface area contributed by atoms with Crippen molar-refractivity contribution in [3.8, 4) is 11.6 Å². The maximum absolute atomic E-state index is 4.93. The molecule has 4 rings (SSSR count). The second-order valence-corrected chi connectivity index (χ2v) is 10.5. The molecule has 8 nitrogen and oxygen atoms in total. The summed E-state index contributed by atoms with van der Waals surface area (Å²) in [4.78, 5) is 18.8. The van der Waals surface area contributed by atoms with Crippen molar-refractivity contribution in [2.45, 2.75) is 72.6 Å². The minimum Gasteiger partial charge on any atom is -0.233 e. The number of aromatic nitrogens is 8. The molecule has 0 atom stereocenters. The Kier molecular flexibility index (Phi) is 7.38. The summed E-state index contributed by atoms with van der Waals surface area (Å²) in [5.41, 5.74) is 1.40. The van der Waals surface area contributed by atoms with Gasteiger partial charge in [0.15, 0.2) is 23.3 Å². The fraction of sp³-hybridized carbons (Fsp3) is 0.481. The van der Waals surface area contributed by atoms with Crippen LogP contribution in [0.1, 0.15) is 77.4 Å². The van der Waals surface area contributed by atoms with Crippen molar-refractivity contribution in [3.05, 3.63) is 72.1 Å². The molecule has 0 saturated carbocycles. The largest absolute Gasteiger partial charge is 0.233 e. The lowest BCUT2D eigenvalue weighted by molar-refractivity contribution is 0.571. The van der Waals surface area contributed by atoms with Crippen LogP contribution in [-0.2, 0) is 18.3 Å². The van der Waals surface area contributed by atoms with E-state index in [1.54, 1.807) is 22.0 Å². The maximum atomic E-state index is 4.93. The normalized spacial score (nSPS) is 12.1. The summed E-state index contributed by atoms with van der Waals surface area (Å²) >= 11 is 0. The van der Waals surface area contributed by atoms with Gasteiger partial charge in [0.25, 0.3) is 0 Å². The smallest absolute Gasteiger partial charge is 0.155 e. The minimum atomic E-state index is -0.422. The van der Waals surface area contributed by atoms with Gasteiger partial charge in [-0.3, -0.25) is 0 Å². The molecule has 35 heavy (non-hydrogen) atoms. The Hall–Kier alpha value is -3.42. The quantitative estimate of drug-likeness (QED) is 0.318. The van der Waals surface area contributed by atoms with E-state index in [2.05, 4.69) is 61.7 Å². The van der Waals surface area contributed by atoms with Crippen LogP contribution in [0.3, 0.4) is 0 Å². The molecule has 0 unspecified atom stereocenters. The molecule has 0 fully saturated rings. The Bertz CT molecular complexity index is 1160. The summed E-state index contributed by atoms with van der Waals surface area (Å²) in [7, 11) is 0. The van der Waals surface area contributed by atoms with E-state index in [0.29, 0.717) is 11.8 Å². The van der Waals surface area contributed by atoms with Gasteiger partial charge in [0, 0.05) is 18.3 Å². The van der Waals surface area contributed by atoms with Gasteiger partial charge in [0.1, 0.15) is 12.7 Å². The predicted molar refractivity (Wildman–Crippen MR) is 137 cm³/mol. The Morgan fingerprint density at radius 2 is 1.11 bits per heavy atom. The van der Waals surface area contributed by atoms with E-state index in [9.17, 15) is 0 Å². The average Bonchev–Trinajstić information content (AvgIpc) is 3.52. The lowest BCUT2D eigenvalue weighted by atomic mass is 9.84. The molecule has 0 spiro atoms. The van der Waals surface area contributed by atoms with Gasteiger partial charge >= 0.3 is 0 Å². The van der Waals surface area contributed by atoms with Crippen LogP contribution in [0.2, 0.25) is 0 Å². The lowest BCUT2D eigenvalue weighted by Gasteiger charge is -2.24. The first-order valence-electron chi connectivity index (χ1n) is 12.5.